The molecule has 0 aliphatic heterocycles. The second-order valence-electron chi connectivity index (χ2n) is 6.27. The molecule has 7 nitrogen and oxygen atoms in total. The van der Waals surface area contributed by atoms with Gasteiger partial charge < -0.3 is 21.1 Å². The molecule has 0 fully saturated rings. The summed E-state index contributed by atoms with van der Waals surface area (Å²) in [5, 5.41) is 3.57. The largest absolute Gasteiger partial charge is 0.463 e. The lowest BCUT2D eigenvalue weighted by Gasteiger charge is -2.35. The van der Waals surface area contributed by atoms with Gasteiger partial charge in [-0.05, 0) is 38.2 Å². The molecule has 0 bridgehead atoms. The number of thiophene rings is 1. The molecule has 2 amide bonds. The molecule has 0 radical (unpaired) electrons. The van der Waals surface area contributed by atoms with E-state index in [-0.39, 0.29) is 23.6 Å². The van der Waals surface area contributed by atoms with Crippen LogP contribution in [0.25, 0.3) is 0 Å². The number of carbonyl (C=O) groups is 3. The Bertz CT molecular complexity index is 778. The summed E-state index contributed by atoms with van der Waals surface area (Å²) in [6.07, 6.45) is -2.82. The van der Waals surface area contributed by atoms with Crippen LogP contribution in [0.5, 0.6) is 0 Å². The molecule has 11 heteroatoms. The Morgan fingerprint density at radius 3 is 2.36 bits per heavy atom. The van der Waals surface area contributed by atoms with E-state index in [0.717, 1.165) is 29.1 Å². The van der Waals surface area contributed by atoms with Gasteiger partial charge in [0, 0.05) is 11.3 Å². The van der Waals surface area contributed by atoms with Crippen molar-refractivity contribution < 1.29 is 32.3 Å². The number of carbonyl (C=O) groups excluding carboxylic acids is 3. The van der Waals surface area contributed by atoms with Gasteiger partial charge in [0.05, 0.1) is 12.2 Å². The van der Waals surface area contributed by atoms with Crippen LogP contribution in [0, 0.1) is 0 Å². The third-order valence-electron chi connectivity index (χ3n) is 4.37. The van der Waals surface area contributed by atoms with Crippen LogP contribution < -0.4 is 16.4 Å². The molecule has 0 spiro atoms. The molecule has 1 aromatic heterocycles. The van der Waals surface area contributed by atoms with Gasteiger partial charge in [-0.2, -0.15) is 13.2 Å². The number of fused-ring (bicyclic) bond motifs is 1. The number of rotatable bonds is 7. The fourth-order valence-corrected chi connectivity index (χ4v) is 4.36. The molecule has 0 saturated carbocycles. The zero-order chi connectivity index (χ0) is 21.1. The van der Waals surface area contributed by atoms with E-state index in [0.29, 0.717) is 18.4 Å². The Balaban J connectivity index is 2.62. The standard InChI is InChI=1S/C17H22F3N3O4S/c1-3-11(24)22-16(17(18,19)20,15(26)27-4-2)23-14-12(13(21)25)9-7-5-6-8-10(9)28-14/h23H,3-8H2,1-2H3,(H2,21,25)(H,22,24). The predicted octanol–water partition coefficient (Wildman–Crippen LogP) is 2.49. The van der Waals surface area contributed by atoms with Gasteiger partial charge in [0.15, 0.2) is 0 Å². The highest BCUT2D eigenvalue weighted by atomic mass is 32.1. The van der Waals surface area contributed by atoms with Gasteiger partial charge in [0.1, 0.15) is 5.00 Å². The molecule has 1 aliphatic carbocycles. The van der Waals surface area contributed by atoms with Gasteiger partial charge >= 0.3 is 17.8 Å². The van der Waals surface area contributed by atoms with Crippen LogP contribution in [0.1, 0.15) is 53.9 Å². The summed E-state index contributed by atoms with van der Waals surface area (Å²) >= 11 is 0.932. The molecule has 1 aromatic rings. The monoisotopic (exact) mass is 421 g/mol. The van der Waals surface area contributed by atoms with Crippen molar-refractivity contribution in [1.29, 1.82) is 0 Å². The highest BCUT2D eigenvalue weighted by Gasteiger charge is 2.64. The lowest BCUT2D eigenvalue weighted by molar-refractivity contribution is -0.207. The second-order valence-corrected chi connectivity index (χ2v) is 7.38. The molecule has 4 N–H and O–H groups in total. The molecular formula is C17H22F3N3O4S. The van der Waals surface area contributed by atoms with E-state index in [1.54, 1.807) is 5.32 Å². The zero-order valence-electron chi connectivity index (χ0n) is 15.5. The quantitative estimate of drug-likeness (QED) is 0.463. The highest BCUT2D eigenvalue weighted by molar-refractivity contribution is 7.16. The van der Waals surface area contributed by atoms with E-state index >= 15 is 0 Å². The summed E-state index contributed by atoms with van der Waals surface area (Å²) in [6, 6.07) is 0. The first-order valence-electron chi connectivity index (χ1n) is 8.84. The van der Waals surface area contributed by atoms with Crippen molar-refractivity contribution >= 4 is 34.1 Å². The van der Waals surface area contributed by atoms with Crippen LogP contribution in [-0.4, -0.2) is 36.2 Å². The lowest BCUT2D eigenvalue weighted by atomic mass is 9.95. The number of ether oxygens (including phenoxy) is 1. The van der Waals surface area contributed by atoms with E-state index in [4.69, 9.17) is 5.73 Å². The maximum atomic E-state index is 14.1. The van der Waals surface area contributed by atoms with Crippen molar-refractivity contribution in [3.63, 3.8) is 0 Å². The molecule has 1 unspecified atom stereocenters. The summed E-state index contributed by atoms with van der Waals surface area (Å²) in [4.78, 5) is 36.9. The number of nitrogens with one attached hydrogen (secondary N) is 2. The van der Waals surface area contributed by atoms with Crippen molar-refractivity contribution in [2.45, 2.75) is 57.8 Å². The average molecular weight is 421 g/mol. The molecular weight excluding hydrogens is 399 g/mol. The van der Waals surface area contributed by atoms with Crippen LogP contribution in [0.3, 0.4) is 0 Å². The first kappa shape index (κ1) is 22.0. The minimum atomic E-state index is -5.25. The lowest BCUT2D eigenvalue weighted by Crippen LogP contribution is -2.69. The minimum Gasteiger partial charge on any atom is -0.463 e. The van der Waals surface area contributed by atoms with Crippen LogP contribution in [0.2, 0.25) is 0 Å². The summed E-state index contributed by atoms with van der Waals surface area (Å²) in [7, 11) is 0. The molecule has 1 atom stereocenters. The Kier molecular flexibility index (Phi) is 6.58. The number of anilines is 1. The zero-order valence-corrected chi connectivity index (χ0v) is 16.3. The van der Waals surface area contributed by atoms with Crippen LogP contribution in [0.4, 0.5) is 18.2 Å². The van der Waals surface area contributed by atoms with Gasteiger partial charge in [-0.1, -0.05) is 6.92 Å². The van der Waals surface area contributed by atoms with Gasteiger partial charge in [-0.25, -0.2) is 4.79 Å². The maximum Gasteiger partial charge on any atom is 0.441 e. The van der Waals surface area contributed by atoms with Crippen molar-refractivity contribution in [3.05, 3.63) is 16.0 Å². The summed E-state index contributed by atoms with van der Waals surface area (Å²) in [5.41, 5.74) is 2.39. The smallest absolute Gasteiger partial charge is 0.441 e. The first-order chi connectivity index (χ1) is 13.1. The Labute approximate surface area is 163 Å². The van der Waals surface area contributed by atoms with Crippen molar-refractivity contribution in [2.24, 2.45) is 5.73 Å². The van der Waals surface area contributed by atoms with Gasteiger partial charge in [-0.15, -0.1) is 11.3 Å². The van der Waals surface area contributed by atoms with Crippen molar-refractivity contribution in [2.75, 3.05) is 11.9 Å². The highest BCUT2D eigenvalue weighted by Crippen LogP contribution is 2.41. The van der Waals surface area contributed by atoms with Gasteiger partial charge in [0.2, 0.25) is 5.91 Å². The van der Waals surface area contributed by atoms with E-state index in [1.165, 1.54) is 13.8 Å². The number of aryl methyl sites for hydroxylation is 1. The summed E-state index contributed by atoms with van der Waals surface area (Å²) < 4.78 is 46.8. The third kappa shape index (κ3) is 4.08. The van der Waals surface area contributed by atoms with E-state index in [9.17, 15) is 27.6 Å². The van der Waals surface area contributed by atoms with Crippen LogP contribution in [-0.2, 0) is 27.2 Å². The first-order valence-corrected chi connectivity index (χ1v) is 9.66. The van der Waals surface area contributed by atoms with Crippen LogP contribution >= 0.6 is 11.3 Å². The van der Waals surface area contributed by atoms with E-state index in [2.05, 4.69) is 10.1 Å². The predicted molar refractivity (Wildman–Crippen MR) is 97.0 cm³/mol. The van der Waals surface area contributed by atoms with E-state index < -0.39 is 29.6 Å². The fraction of sp³-hybridized carbons (Fsp3) is 0.588. The molecule has 0 saturated heterocycles. The molecule has 156 valence electrons. The Morgan fingerprint density at radius 1 is 1.18 bits per heavy atom. The van der Waals surface area contributed by atoms with Crippen LogP contribution in [0.15, 0.2) is 0 Å². The number of primary amides is 1. The van der Waals surface area contributed by atoms with Gasteiger partial charge in [-0.3, -0.25) is 9.59 Å². The number of amides is 2. The molecule has 1 aliphatic rings. The second kappa shape index (κ2) is 8.38. The minimum absolute atomic E-state index is 0.0802. The van der Waals surface area contributed by atoms with Crippen molar-refractivity contribution in [1.82, 2.24) is 5.32 Å². The normalized spacial score (nSPS) is 15.9. The average Bonchev–Trinajstić information content (AvgIpc) is 2.97. The molecule has 2 rings (SSSR count). The maximum absolute atomic E-state index is 14.1. The number of hydrogen-bond acceptors (Lipinski definition) is 6. The number of esters is 1. The Hall–Kier alpha value is -2.30. The third-order valence-corrected chi connectivity index (χ3v) is 5.58. The molecule has 28 heavy (non-hydrogen) atoms. The number of hydrogen-bond donors (Lipinski definition) is 3. The SMILES string of the molecule is CCOC(=O)C(NC(=O)CC)(Nc1sc2c(c1C(N)=O)CCCC2)C(F)(F)F. The number of nitrogens with two attached hydrogens (primary N) is 1. The molecule has 1 heterocycles. The molecule has 0 aromatic carbocycles. The van der Waals surface area contributed by atoms with E-state index in [1.807, 2.05) is 0 Å². The topological polar surface area (TPSA) is 111 Å². The van der Waals surface area contributed by atoms with Gasteiger partial charge in [0.25, 0.3) is 5.91 Å². The number of halogens is 3. The summed E-state index contributed by atoms with van der Waals surface area (Å²) in [5.74, 6) is -3.63. The fourth-order valence-electron chi connectivity index (χ4n) is 3.01. The number of alkyl halides is 3. The summed E-state index contributed by atoms with van der Waals surface area (Å²) in [6.45, 7) is 2.36. The van der Waals surface area contributed by atoms with Crippen molar-refractivity contribution in [3.8, 4) is 0 Å². The Morgan fingerprint density at radius 2 is 1.82 bits per heavy atom.